The van der Waals surface area contributed by atoms with Crippen LogP contribution >= 0.6 is 34.2 Å². The van der Waals surface area contributed by atoms with Crippen molar-refractivity contribution in [2.24, 2.45) is 0 Å². The monoisotopic (exact) mass is 390 g/mol. The van der Waals surface area contributed by atoms with Crippen LogP contribution in [0.3, 0.4) is 0 Å². The van der Waals surface area contributed by atoms with Crippen LogP contribution in [-0.2, 0) is 11.3 Å². The summed E-state index contributed by atoms with van der Waals surface area (Å²) in [5.41, 5.74) is 1.87. The van der Waals surface area contributed by atoms with Crippen LogP contribution in [0.2, 0.25) is 5.02 Å². The fourth-order valence-corrected chi connectivity index (χ4v) is 2.74. The third-order valence-electron chi connectivity index (χ3n) is 2.70. The molecule has 0 fully saturated rings. The van der Waals surface area contributed by atoms with Gasteiger partial charge in [0.2, 0.25) is 0 Å². The summed E-state index contributed by atoms with van der Waals surface area (Å²) in [6.07, 6.45) is -0.115. The molecular formula is C15H13ClFIO. The first-order valence-corrected chi connectivity index (χ1v) is 7.77. The highest BCUT2D eigenvalue weighted by molar-refractivity contribution is 14.1. The molecule has 0 aliphatic heterocycles. The highest BCUT2D eigenvalue weighted by atomic mass is 127. The van der Waals surface area contributed by atoms with Gasteiger partial charge in [-0.15, -0.1) is 0 Å². The largest absolute Gasteiger partial charge is 0.368 e. The number of rotatable bonds is 5. The number of hydrogen-bond donors (Lipinski definition) is 0. The number of halogens is 3. The first kappa shape index (κ1) is 14.8. The van der Waals surface area contributed by atoms with Crippen molar-refractivity contribution in [1.82, 2.24) is 0 Å². The fourth-order valence-electron chi connectivity index (χ4n) is 1.76. The zero-order chi connectivity index (χ0) is 13.7. The maximum Gasteiger partial charge on any atom is 0.123 e. The van der Waals surface area contributed by atoms with E-state index in [9.17, 15) is 4.39 Å². The summed E-state index contributed by atoms with van der Waals surface area (Å²) in [5, 5.41) is 0.692. The minimum Gasteiger partial charge on any atom is -0.368 e. The Hall–Kier alpha value is -0.650. The minimum atomic E-state index is -0.237. The van der Waals surface area contributed by atoms with Gasteiger partial charge in [-0.25, -0.2) is 4.39 Å². The van der Waals surface area contributed by atoms with Gasteiger partial charge in [0.15, 0.2) is 0 Å². The van der Waals surface area contributed by atoms with Gasteiger partial charge in [-0.2, -0.15) is 0 Å². The summed E-state index contributed by atoms with van der Waals surface area (Å²) in [5.74, 6) is -0.237. The summed E-state index contributed by atoms with van der Waals surface area (Å²) in [6.45, 7) is 0.463. The molecule has 0 radical (unpaired) electrons. The number of ether oxygens (including phenoxy) is 1. The Labute approximate surface area is 130 Å². The van der Waals surface area contributed by atoms with Gasteiger partial charge in [0.1, 0.15) is 5.82 Å². The molecule has 4 heteroatoms. The predicted molar refractivity (Wildman–Crippen MR) is 84.3 cm³/mol. The van der Waals surface area contributed by atoms with E-state index in [1.54, 1.807) is 6.07 Å². The maximum atomic E-state index is 13.2. The normalized spacial score (nSPS) is 12.4. The summed E-state index contributed by atoms with van der Waals surface area (Å²) >= 11 is 8.17. The third-order valence-corrected chi connectivity index (χ3v) is 3.74. The Kier molecular flexibility index (Phi) is 5.60. The molecule has 2 aromatic carbocycles. The van der Waals surface area contributed by atoms with E-state index in [4.69, 9.17) is 16.3 Å². The van der Waals surface area contributed by atoms with Crippen LogP contribution < -0.4 is 0 Å². The van der Waals surface area contributed by atoms with Crippen LogP contribution in [0, 0.1) is 5.82 Å². The van der Waals surface area contributed by atoms with Crippen LogP contribution in [0.5, 0.6) is 0 Å². The standard InChI is InChI=1S/C15H13ClFIO/c16-13-5-1-3-11(7-13)10-19-15(9-18)12-4-2-6-14(17)8-12/h1-8,15H,9-10H2. The van der Waals surface area contributed by atoms with Crippen LogP contribution in [0.25, 0.3) is 0 Å². The van der Waals surface area contributed by atoms with Crippen LogP contribution in [-0.4, -0.2) is 4.43 Å². The Balaban J connectivity index is 2.04. The van der Waals surface area contributed by atoms with E-state index in [1.165, 1.54) is 12.1 Å². The fraction of sp³-hybridized carbons (Fsp3) is 0.200. The summed E-state index contributed by atoms with van der Waals surface area (Å²) in [7, 11) is 0. The van der Waals surface area contributed by atoms with Crippen molar-refractivity contribution >= 4 is 34.2 Å². The lowest BCUT2D eigenvalue weighted by atomic mass is 10.1. The third kappa shape index (κ3) is 4.44. The highest BCUT2D eigenvalue weighted by Crippen LogP contribution is 2.23. The van der Waals surface area contributed by atoms with Crippen LogP contribution in [0.4, 0.5) is 4.39 Å². The molecular weight excluding hydrogens is 378 g/mol. The van der Waals surface area contributed by atoms with E-state index in [2.05, 4.69) is 22.6 Å². The first-order chi connectivity index (χ1) is 9.19. The quantitative estimate of drug-likeness (QED) is 0.505. The van der Waals surface area contributed by atoms with Gasteiger partial charge in [-0.3, -0.25) is 0 Å². The second-order valence-corrected chi connectivity index (χ2v) is 5.46. The molecule has 0 spiro atoms. The summed E-state index contributed by atoms with van der Waals surface area (Å²) < 4.78 is 19.8. The van der Waals surface area contributed by atoms with Crippen molar-refractivity contribution in [2.75, 3.05) is 4.43 Å². The molecule has 2 aromatic rings. The summed E-state index contributed by atoms with van der Waals surface area (Å²) in [6, 6.07) is 14.1. The van der Waals surface area contributed by atoms with E-state index in [1.807, 2.05) is 30.3 Å². The Morgan fingerprint density at radius 3 is 2.63 bits per heavy atom. The van der Waals surface area contributed by atoms with Gasteiger partial charge >= 0.3 is 0 Å². The maximum absolute atomic E-state index is 13.2. The van der Waals surface area contributed by atoms with Crippen molar-refractivity contribution < 1.29 is 9.13 Å². The molecule has 1 nitrogen and oxygen atoms in total. The van der Waals surface area contributed by atoms with Crippen molar-refractivity contribution in [3.05, 3.63) is 70.5 Å². The number of alkyl halides is 1. The average Bonchev–Trinajstić information content (AvgIpc) is 2.40. The van der Waals surface area contributed by atoms with E-state index in [0.717, 1.165) is 15.6 Å². The van der Waals surface area contributed by atoms with Gasteiger partial charge in [0, 0.05) is 9.45 Å². The van der Waals surface area contributed by atoms with Crippen molar-refractivity contribution in [3.8, 4) is 0 Å². The molecule has 19 heavy (non-hydrogen) atoms. The summed E-state index contributed by atoms with van der Waals surface area (Å²) in [4.78, 5) is 0. The predicted octanol–water partition coefficient (Wildman–Crippen LogP) is 5.17. The molecule has 0 aliphatic carbocycles. The molecule has 0 heterocycles. The lowest BCUT2D eigenvalue weighted by molar-refractivity contribution is 0.0575. The van der Waals surface area contributed by atoms with E-state index < -0.39 is 0 Å². The zero-order valence-electron chi connectivity index (χ0n) is 10.2. The molecule has 0 aromatic heterocycles. The molecule has 0 saturated heterocycles. The average molecular weight is 391 g/mol. The molecule has 1 unspecified atom stereocenters. The second-order valence-electron chi connectivity index (χ2n) is 4.14. The Morgan fingerprint density at radius 2 is 1.95 bits per heavy atom. The van der Waals surface area contributed by atoms with Crippen LogP contribution in [0.15, 0.2) is 48.5 Å². The number of hydrogen-bond acceptors (Lipinski definition) is 1. The molecule has 0 N–H and O–H groups in total. The zero-order valence-corrected chi connectivity index (χ0v) is 13.1. The Bertz CT molecular complexity index is 547. The topological polar surface area (TPSA) is 9.23 Å². The highest BCUT2D eigenvalue weighted by Gasteiger charge is 2.11. The Morgan fingerprint density at radius 1 is 1.16 bits per heavy atom. The van der Waals surface area contributed by atoms with Crippen molar-refractivity contribution in [3.63, 3.8) is 0 Å². The van der Waals surface area contributed by atoms with E-state index in [0.29, 0.717) is 11.6 Å². The molecule has 1 atom stereocenters. The van der Waals surface area contributed by atoms with Gasteiger partial charge < -0.3 is 4.74 Å². The van der Waals surface area contributed by atoms with Gasteiger partial charge in [-0.05, 0) is 35.4 Å². The minimum absolute atomic E-state index is 0.115. The van der Waals surface area contributed by atoms with Crippen molar-refractivity contribution in [1.29, 1.82) is 0 Å². The van der Waals surface area contributed by atoms with Gasteiger partial charge in [0.05, 0.1) is 12.7 Å². The SMILES string of the molecule is Fc1cccc(C(CI)OCc2cccc(Cl)c2)c1. The molecule has 2 rings (SSSR count). The molecule has 0 amide bonds. The molecule has 0 aliphatic rings. The lowest BCUT2D eigenvalue weighted by Gasteiger charge is -2.16. The van der Waals surface area contributed by atoms with Gasteiger partial charge in [-0.1, -0.05) is 58.5 Å². The van der Waals surface area contributed by atoms with E-state index >= 15 is 0 Å². The van der Waals surface area contributed by atoms with Crippen LogP contribution in [0.1, 0.15) is 17.2 Å². The second kappa shape index (κ2) is 7.22. The number of benzene rings is 2. The van der Waals surface area contributed by atoms with Crippen molar-refractivity contribution in [2.45, 2.75) is 12.7 Å². The molecule has 0 bridgehead atoms. The smallest absolute Gasteiger partial charge is 0.123 e. The van der Waals surface area contributed by atoms with Gasteiger partial charge in [0.25, 0.3) is 0 Å². The van der Waals surface area contributed by atoms with E-state index in [-0.39, 0.29) is 11.9 Å². The molecule has 100 valence electrons. The lowest BCUT2D eigenvalue weighted by Crippen LogP contribution is -2.06. The first-order valence-electron chi connectivity index (χ1n) is 5.86. The molecule has 0 saturated carbocycles.